The molecule has 2 N–H and O–H groups in total. The van der Waals surface area contributed by atoms with E-state index in [2.05, 4.69) is 0 Å². The predicted octanol–water partition coefficient (Wildman–Crippen LogP) is 2.67. The molecule has 19 heavy (non-hydrogen) atoms. The lowest BCUT2D eigenvalue weighted by Crippen LogP contribution is -2.09. The van der Waals surface area contributed by atoms with Crippen LogP contribution in [0.25, 0.3) is 0 Å². The van der Waals surface area contributed by atoms with Crippen LogP contribution in [0.1, 0.15) is 29.6 Å². The Bertz CT molecular complexity index is 472. The van der Waals surface area contributed by atoms with Crippen LogP contribution in [0.3, 0.4) is 0 Å². The first-order chi connectivity index (χ1) is 9.15. The third kappa shape index (κ3) is 3.61. The van der Waals surface area contributed by atoms with Crippen LogP contribution in [0.2, 0.25) is 5.02 Å². The minimum absolute atomic E-state index is 0.0386. The second-order valence-corrected chi connectivity index (χ2v) is 5.11. The lowest BCUT2D eigenvalue weighted by Gasteiger charge is -2.13. The molecule has 0 saturated heterocycles. The fourth-order valence-corrected chi connectivity index (χ4v) is 2.09. The maximum Gasteiger partial charge on any atom is 0.179 e. The van der Waals surface area contributed by atoms with Crippen LogP contribution in [0.4, 0.5) is 0 Å². The SMILES string of the molecule is COc1c(Cl)cc(C(=O)CCN)cc1OCC1CC1. The topological polar surface area (TPSA) is 61.5 Å². The Labute approximate surface area is 117 Å². The summed E-state index contributed by atoms with van der Waals surface area (Å²) in [4.78, 5) is 11.9. The van der Waals surface area contributed by atoms with Crippen LogP contribution < -0.4 is 15.2 Å². The summed E-state index contributed by atoms with van der Waals surface area (Å²) in [7, 11) is 1.53. The quantitative estimate of drug-likeness (QED) is 0.782. The van der Waals surface area contributed by atoms with Gasteiger partial charge in [0, 0.05) is 12.0 Å². The number of ether oxygens (including phenoxy) is 2. The smallest absolute Gasteiger partial charge is 0.179 e. The highest BCUT2D eigenvalue weighted by atomic mass is 35.5. The number of carbonyl (C=O) groups is 1. The summed E-state index contributed by atoms with van der Waals surface area (Å²) in [6, 6.07) is 3.29. The molecule has 0 heterocycles. The zero-order chi connectivity index (χ0) is 13.8. The molecular weight excluding hydrogens is 266 g/mol. The summed E-state index contributed by atoms with van der Waals surface area (Å²) >= 11 is 6.12. The molecule has 0 aromatic heterocycles. The summed E-state index contributed by atoms with van der Waals surface area (Å²) in [5, 5.41) is 0.385. The maximum absolute atomic E-state index is 11.9. The molecular formula is C14H18ClNO3. The highest BCUT2D eigenvalue weighted by Crippen LogP contribution is 2.38. The van der Waals surface area contributed by atoms with Gasteiger partial charge in [-0.1, -0.05) is 11.6 Å². The van der Waals surface area contributed by atoms with E-state index in [-0.39, 0.29) is 5.78 Å². The fourth-order valence-electron chi connectivity index (χ4n) is 1.80. The lowest BCUT2D eigenvalue weighted by atomic mass is 10.1. The Hall–Kier alpha value is -1.26. The molecule has 4 nitrogen and oxygen atoms in total. The molecule has 1 aromatic carbocycles. The van der Waals surface area contributed by atoms with Gasteiger partial charge in [0.1, 0.15) is 0 Å². The van der Waals surface area contributed by atoms with Crippen molar-refractivity contribution in [3.63, 3.8) is 0 Å². The van der Waals surface area contributed by atoms with Crippen molar-refractivity contribution in [1.29, 1.82) is 0 Å². The van der Waals surface area contributed by atoms with Crippen molar-refractivity contribution < 1.29 is 14.3 Å². The number of nitrogens with two attached hydrogens (primary N) is 1. The summed E-state index contributed by atoms with van der Waals surface area (Å²) in [5.41, 5.74) is 5.91. The van der Waals surface area contributed by atoms with E-state index in [9.17, 15) is 4.79 Å². The van der Waals surface area contributed by atoms with Gasteiger partial charge in [-0.3, -0.25) is 4.79 Å². The number of benzene rings is 1. The van der Waals surface area contributed by atoms with Gasteiger partial charge in [-0.15, -0.1) is 0 Å². The molecule has 1 aliphatic carbocycles. The van der Waals surface area contributed by atoms with Gasteiger partial charge < -0.3 is 15.2 Å². The van der Waals surface area contributed by atoms with E-state index in [4.69, 9.17) is 26.8 Å². The zero-order valence-electron chi connectivity index (χ0n) is 10.9. The molecule has 1 aromatic rings. The standard InChI is InChI=1S/C14H18ClNO3/c1-18-14-11(15)6-10(12(17)4-5-16)7-13(14)19-8-9-2-3-9/h6-7,9H,2-5,8,16H2,1H3. The van der Waals surface area contributed by atoms with Crippen molar-refractivity contribution in [2.45, 2.75) is 19.3 Å². The Kier molecular flexibility index (Phi) is 4.66. The van der Waals surface area contributed by atoms with Crippen molar-refractivity contribution in [1.82, 2.24) is 0 Å². The van der Waals surface area contributed by atoms with E-state index in [0.29, 0.717) is 47.6 Å². The first-order valence-electron chi connectivity index (χ1n) is 6.39. The van der Waals surface area contributed by atoms with Gasteiger partial charge in [0.05, 0.1) is 18.7 Å². The summed E-state index contributed by atoms with van der Waals surface area (Å²) in [6.45, 7) is 0.960. The van der Waals surface area contributed by atoms with E-state index in [1.165, 1.54) is 20.0 Å². The van der Waals surface area contributed by atoms with Crippen molar-refractivity contribution in [3.8, 4) is 11.5 Å². The number of ketones is 1. The maximum atomic E-state index is 11.9. The van der Waals surface area contributed by atoms with E-state index >= 15 is 0 Å². The number of carbonyl (C=O) groups excluding carboxylic acids is 1. The van der Waals surface area contributed by atoms with Gasteiger partial charge in [-0.25, -0.2) is 0 Å². The first kappa shape index (κ1) is 14.2. The number of hydrogen-bond acceptors (Lipinski definition) is 4. The molecule has 0 aliphatic heterocycles. The van der Waals surface area contributed by atoms with E-state index in [1.807, 2.05) is 0 Å². The largest absolute Gasteiger partial charge is 0.491 e. The Morgan fingerprint density at radius 3 is 2.79 bits per heavy atom. The van der Waals surface area contributed by atoms with Gasteiger partial charge >= 0.3 is 0 Å². The Morgan fingerprint density at radius 1 is 1.47 bits per heavy atom. The molecule has 1 fully saturated rings. The van der Waals surface area contributed by atoms with Crippen LogP contribution in [0.5, 0.6) is 11.5 Å². The third-order valence-corrected chi connectivity index (χ3v) is 3.36. The monoisotopic (exact) mass is 283 g/mol. The molecule has 0 amide bonds. The van der Waals surface area contributed by atoms with Crippen LogP contribution in [0, 0.1) is 5.92 Å². The number of Topliss-reactive ketones (excluding diaryl/α,β-unsaturated/α-hetero) is 1. The minimum Gasteiger partial charge on any atom is -0.491 e. The van der Waals surface area contributed by atoms with Crippen molar-refractivity contribution in [3.05, 3.63) is 22.7 Å². The molecule has 1 aliphatic rings. The fraction of sp³-hybridized carbons (Fsp3) is 0.500. The molecule has 5 heteroatoms. The molecule has 1 saturated carbocycles. The second kappa shape index (κ2) is 6.26. The second-order valence-electron chi connectivity index (χ2n) is 4.71. The molecule has 104 valence electrons. The van der Waals surface area contributed by atoms with Gasteiger partial charge in [0.2, 0.25) is 0 Å². The molecule has 2 rings (SSSR count). The van der Waals surface area contributed by atoms with Gasteiger partial charge in [0.25, 0.3) is 0 Å². The highest BCUT2D eigenvalue weighted by Gasteiger charge is 2.23. The van der Waals surface area contributed by atoms with Crippen molar-refractivity contribution in [2.75, 3.05) is 20.3 Å². The third-order valence-electron chi connectivity index (χ3n) is 3.08. The Balaban J connectivity index is 2.22. The number of methoxy groups -OCH3 is 1. The number of halogens is 1. The van der Waals surface area contributed by atoms with Gasteiger partial charge in [-0.05, 0) is 37.4 Å². The lowest BCUT2D eigenvalue weighted by molar-refractivity contribution is 0.0985. The predicted molar refractivity (Wildman–Crippen MR) is 74.2 cm³/mol. The van der Waals surface area contributed by atoms with Gasteiger partial charge in [-0.2, -0.15) is 0 Å². The van der Waals surface area contributed by atoms with Crippen molar-refractivity contribution in [2.24, 2.45) is 11.7 Å². The number of hydrogen-bond donors (Lipinski definition) is 1. The normalized spacial score (nSPS) is 14.3. The molecule has 0 bridgehead atoms. The molecule has 0 radical (unpaired) electrons. The zero-order valence-corrected chi connectivity index (χ0v) is 11.7. The average Bonchev–Trinajstić information content (AvgIpc) is 3.20. The van der Waals surface area contributed by atoms with E-state index in [1.54, 1.807) is 12.1 Å². The van der Waals surface area contributed by atoms with E-state index < -0.39 is 0 Å². The Morgan fingerprint density at radius 2 is 2.21 bits per heavy atom. The molecule has 0 unspecified atom stereocenters. The van der Waals surface area contributed by atoms with Crippen molar-refractivity contribution >= 4 is 17.4 Å². The van der Waals surface area contributed by atoms with E-state index in [0.717, 1.165) is 0 Å². The molecule has 0 atom stereocenters. The highest BCUT2D eigenvalue weighted by molar-refractivity contribution is 6.32. The van der Waals surface area contributed by atoms with Crippen LogP contribution >= 0.6 is 11.6 Å². The van der Waals surface area contributed by atoms with Crippen LogP contribution in [0.15, 0.2) is 12.1 Å². The molecule has 0 spiro atoms. The van der Waals surface area contributed by atoms with Crippen LogP contribution in [-0.2, 0) is 0 Å². The summed E-state index contributed by atoms with van der Waals surface area (Å²) in [5.74, 6) is 1.59. The average molecular weight is 284 g/mol. The van der Waals surface area contributed by atoms with Gasteiger partial charge in [0.15, 0.2) is 17.3 Å². The summed E-state index contributed by atoms with van der Waals surface area (Å²) < 4.78 is 10.9. The summed E-state index contributed by atoms with van der Waals surface area (Å²) in [6.07, 6.45) is 2.69. The minimum atomic E-state index is -0.0386. The number of rotatable bonds is 7. The first-order valence-corrected chi connectivity index (χ1v) is 6.77. The van der Waals surface area contributed by atoms with Crippen LogP contribution in [-0.4, -0.2) is 26.0 Å².